The number of carbonyl (C=O) groups is 1. The molecule has 0 aliphatic carbocycles. The van der Waals surface area contributed by atoms with Gasteiger partial charge in [0.15, 0.2) is 0 Å². The Morgan fingerprint density at radius 1 is 1.03 bits per heavy atom. The van der Waals surface area contributed by atoms with Crippen LogP contribution in [0.25, 0.3) is 0 Å². The molecule has 2 aromatic rings. The van der Waals surface area contributed by atoms with Crippen molar-refractivity contribution in [3.8, 4) is 5.75 Å². The van der Waals surface area contributed by atoms with Gasteiger partial charge in [-0.05, 0) is 49.7 Å². The monoisotopic (exact) mass is 469 g/mol. The maximum atomic E-state index is 12.6. The summed E-state index contributed by atoms with van der Waals surface area (Å²) in [6, 6.07) is 9.96. The molecule has 0 saturated heterocycles. The summed E-state index contributed by atoms with van der Waals surface area (Å²) in [4.78, 5) is 12.6. The lowest BCUT2D eigenvalue weighted by atomic mass is 10.2. The van der Waals surface area contributed by atoms with Crippen LogP contribution in [-0.4, -0.2) is 54.3 Å². The molecule has 9 nitrogen and oxygen atoms in total. The molecule has 0 aromatic heterocycles. The summed E-state index contributed by atoms with van der Waals surface area (Å²) in [5.74, 6) is -0.351. The van der Waals surface area contributed by atoms with Crippen LogP contribution in [0.15, 0.2) is 52.3 Å². The molecule has 0 aliphatic rings. The van der Waals surface area contributed by atoms with Gasteiger partial charge in [0.1, 0.15) is 10.6 Å². The summed E-state index contributed by atoms with van der Waals surface area (Å²) < 4.78 is 58.1. The van der Waals surface area contributed by atoms with E-state index in [1.54, 1.807) is 26.0 Å². The van der Waals surface area contributed by atoms with E-state index in [1.165, 1.54) is 51.5 Å². The lowest BCUT2D eigenvalue weighted by Gasteiger charge is -2.14. The molecule has 0 radical (unpaired) electrons. The number of carbonyl (C=O) groups excluding carboxylic acids is 1. The standard InChI is InChI=1S/C20H27N3O6S2/c1-14(2)22-30(25,26)19-12-16(8-11-18(19)29-5)20(24)21-13-15-6-9-17(10-7-15)31(27,28)23(3)4/h6-12,14,22H,13H2,1-5H3,(H,21,24). The topological polar surface area (TPSA) is 122 Å². The molecule has 2 aromatic carbocycles. The van der Waals surface area contributed by atoms with Crippen molar-refractivity contribution in [2.24, 2.45) is 0 Å². The Kier molecular flexibility index (Phi) is 7.82. The van der Waals surface area contributed by atoms with Gasteiger partial charge in [-0.2, -0.15) is 0 Å². The van der Waals surface area contributed by atoms with E-state index in [0.29, 0.717) is 5.56 Å². The number of nitrogens with zero attached hydrogens (tertiary/aromatic N) is 1. The molecule has 11 heteroatoms. The van der Waals surface area contributed by atoms with E-state index < -0.39 is 26.0 Å². The van der Waals surface area contributed by atoms with Gasteiger partial charge in [-0.15, -0.1) is 0 Å². The van der Waals surface area contributed by atoms with E-state index in [-0.39, 0.29) is 33.7 Å². The number of nitrogens with one attached hydrogen (secondary N) is 2. The first kappa shape index (κ1) is 24.8. The Morgan fingerprint density at radius 3 is 2.16 bits per heavy atom. The number of hydrogen-bond donors (Lipinski definition) is 2. The molecule has 170 valence electrons. The summed E-state index contributed by atoms with van der Waals surface area (Å²) in [6.07, 6.45) is 0. The van der Waals surface area contributed by atoms with Crippen LogP contribution in [0.3, 0.4) is 0 Å². The van der Waals surface area contributed by atoms with E-state index in [9.17, 15) is 21.6 Å². The molecule has 0 heterocycles. The van der Waals surface area contributed by atoms with Crippen molar-refractivity contribution in [2.45, 2.75) is 36.2 Å². The average Bonchev–Trinajstić information content (AvgIpc) is 2.70. The van der Waals surface area contributed by atoms with Crippen LogP contribution >= 0.6 is 0 Å². The Labute approximate surface area is 183 Å². The third-order valence-corrected chi connectivity index (χ3v) is 7.77. The zero-order valence-electron chi connectivity index (χ0n) is 18.0. The predicted molar refractivity (Wildman–Crippen MR) is 117 cm³/mol. The summed E-state index contributed by atoms with van der Waals surface area (Å²) in [5, 5.41) is 2.70. The molecule has 1 amide bonds. The Morgan fingerprint density at radius 2 is 1.65 bits per heavy atom. The molecular formula is C20H27N3O6S2. The fourth-order valence-corrected chi connectivity index (χ4v) is 5.02. The van der Waals surface area contributed by atoms with Gasteiger partial charge in [0.05, 0.1) is 12.0 Å². The van der Waals surface area contributed by atoms with Crippen molar-refractivity contribution in [1.29, 1.82) is 0 Å². The highest BCUT2D eigenvalue weighted by Gasteiger charge is 2.22. The summed E-state index contributed by atoms with van der Waals surface area (Å²) in [7, 11) is -3.15. The van der Waals surface area contributed by atoms with Gasteiger partial charge in [0.25, 0.3) is 5.91 Å². The SMILES string of the molecule is COc1ccc(C(=O)NCc2ccc(S(=O)(=O)N(C)C)cc2)cc1S(=O)(=O)NC(C)C. The molecule has 0 atom stereocenters. The number of rotatable bonds is 9. The van der Waals surface area contributed by atoms with Crippen LogP contribution in [-0.2, 0) is 26.6 Å². The minimum Gasteiger partial charge on any atom is -0.495 e. The van der Waals surface area contributed by atoms with Crippen LogP contribution in [0.1, 0.15) is 29.8 Å². The maximum absolute atomic E-state index is 12.6. The molecule has 2 rings (SSSR count). The number of benzene rings is 2. The molecule has 0 bridgehead atoms. The molecular weight excluding hydrogens is 442 g/mol. The smallest absolute Gasteiger partial charge is 0.251 e. The highest BCUT2D eigenvalue weighted by molar-refractivity contribution is 7.89. The maximum Gasteiger partial charge on any atom is 0.251 e. The first-order chi connectivity index (χ1) is 14.4. The lowest BCUT2D eigenvalue weighted by Crippen LogP contribution is -2.31. The van der Waals surface area contributed by atoms with Crippen molar-refractivity contribution in [1.82, 2.24) is 14.3 Å². The van der Waals surface area contributed by atoms with Gasteiger partial charge in [0, 0.05) is 32.2 Å². The van der Waals surface area contributed by atoms with Gasteiger partial charge < -0.3 is 10.1 Å². The zero-order chi connectivity index (χ0) is 23.4. The van der Waals surface area contributed by atoms with Crippen molar-refractivity contribution >= 4 is 26.0 Å². The number of methoxy groups -OCH3 is 1. The van der Waals surface area contributed by atoms with Crippen molar-refractivity contribution < 1.29 is 26.4 Å². The molecule has 0 spiro atoms. The zero-order valence-corrected chi connectivity index (χ0v) is 19.7. The van der Waals surface area contributed by atoms with Gasteiger partial charge >= 0.3 is 0 Å². The van der Waals surface area contributed by atoms with E-state index >= 15 is 0 Å². The van der Waals surface area contributed by atoms with E-state index in [2.05, 4.69) is 10.0 Å². The Bertz CT molecular complexity index is 1140. The number of amides is 1. The molecule has 0 fully saturated rings. The summed E-state index contributed by atoms with van der Waals surface area (Å²) in [6.45, 7) is 3.52. The lowest BCUT2D eigenvalue weighted by molar-refractivity contribution is 0.0950. The average molecular weight is 470 g/mol. The highest BCUT2D eigenvalue weighted by Crippen LogP contribution is 2.25. The van der Waals surface area contributed by atoms with Crippen LogP contribution < -0.4 is 14.8 Å². The van der Waals surface area contributed by atoms with Crippen LogP contribution in [0.2, 0.25) is 0 Å². The second-order valence-corrected chi connectivity index (χ2v) is 11.1. The van der Waals surface area contributed by atoms with Crippen LogP contribution in [0.4, 0.5) is 0 Å². The minimum absolute atomic E-state index is 0.127. The first-order valence-electron chi connectivity index (χ1n) is 9.38. The van der Waals surface area contributed by atoms with Gasteiger partial charge in [0.2, 0.25) is 20.0 Å². The predicted octanol–water partition coefficient (Wildman–Crippen LogP) is 1.56. The van der Waals surface area contributed by atoms with E-state index in [4.69, 9.17) is 4.74 Å². The van der Waals surface area contributed by atoms with Gasteiger partial charge in [-0.1, -0.05) is 12.1 Å². The summed E-state index contributed by atoms with van der Waals surface area (Å²) in [5.41, 5.74) is 0.839. The fourth-order valence-electron chi connectivity index (χ4n) is 2.68. The molecule has 0 unspecified atom stereocenters. The van der Waals surface area contributed by atoms with Crippen molar-refractivity contribution in [3.05, 3.63) is 53.6 Å². The molecule has 2 N–H and O–H groups in total. The largest absolute Gasteiger partial charge is 0.495 e. The second-order valence-electron chi connectivity index (χ2n) is 7.26. The quantitative estimate of drug-likeness (QED) is 0.575. The Hall–Kier alpha value is -2.47. The normalized spacial score (nSPS) is 12.2. The van der Waals surface area contributed by atoms with Crippen molar-refractivity contribution in [3.63, 3.8) is 0 Å². The number of hydrogen-bond acceptors (Lipinski definition) is 6. The highest BCUT2D eigenvalue weighted by atomic mass is 32.2. The van der Waals surface area contributed by atoms with Crippen LogP contribution in [0.5, 0.6) is 5.75 Å². The molecule has 0 saturated carbocycles. The molecule has 31 heavy (non-hydrogen) atoms. The second kappa shape index (κ2) is 9.77. The number of sulfonamides is 2. The van der Waals surface area contributed by atoms with Gasteiger partial charge in [-0.3, -0.25) is 4.79 Å². The number of ether oxygens (including phenoxy) is 1. The summed E-state index contributed by atoms with van der Waals surface area (Å²) >= 11 is 0. The van der Waals surface area contributed by atoms with Crippen molar-refractivity contribution in [2.75, 3.05) is 21.2 Å². The molecule has 0 aliphatic heterocycles. The fraction of sp³-hybridized carbons (Fsp3) is 0.350. The third kappa shape index (κ3) is 6.03. The van der Waals surface area contributed by atoms with E-state index in [0.717, 1.165) is 4.31 Å². The third-order valence-electron chi connectivity index (χ3n) is 4.26. The van der Waals surface area contributed by atoms with E-state index in [1.807, 2.05) is 0 Å². The van der Waals surface area contributed by atoms with Crippen LogP contribution in [0, 0.1) is 0 Å². The van der Waals surface area contributed by atoms with Gasteiger partial charge in [-0.25, -0.2) is 25.9 Å². The first-order valence-corrected chi connectivity index (χ1v) is 12.3. The minimum atomic E-state index is -3.87. The Balaban J connectivity index is 2.19.